The van der Waals surface area contributed by atoms with E-state index in [1.807, 2.05) is 31.2 Å². The van der Waals surface area contributed by atoms with Gasteiger partial charge in [0, 0.05) is 5.69 Å². The molecule has 0 unspecified atom stereocenters. The Hall–Kier alpha value is -3.02. The fraction of sp³-hybridized carbons (Fsp3) is 0.263. The van der Waals surface area contributed by atoms with E-state index in [-0.39, 0.29) is 12.5 Å². The number of amides is 1. The van der Waals surface area contributed by atoms with Crippen LogP contribution in [0.5, 0.6) is 5.75 Å². The first-order valence-corrected chi connectivity index (χ1v) is 7.82. The van der Waals surface area contributed by atoms with Gasteiger partial charge in [-0.25, -0.2) is 4.79 Å². The number of benzene rings is 2. The van der Waals surface area contributed by atoms with Gasteiger partial charge in [0.1, 0.15) is 5.75 Å². The maximum absolute atomic E-state index is 12.2. The monoisotopic (exact) mass is 342 g/mol. The van der Waals surface area contributed by atoms with Crippen LogP contribution in [0.1, 0.15) is 21.5 Å². The maximum Gasteiger partial charge on any atom is 0.338 e. The molecule has 6 nitrogen and oxygen atoms in total. The van der Waals surface area contributed by atoms with Gasteiger partial charge in [0.2, 0.25) is 5.91 Å². The van der Waals surface area contributed by atoms with Crippen LogP contribution in [0.2, 0.25) is 0 Å². The van der Waals surface area contributed by atoms with Gasteiger partial charge in [-0.3, -0.25) is 4.79 Å². The normalized spacial score (nSPS) is 10.1. The standard InChI is InChI=1S/C19H22N2O4/c1-12-8-9-17(24-3)16(10-12)21-18(22)11-20-15-7-5-6-14(13(15)2)19(23)25-4/h5-10,20H,11H2,1-4H3,(H,21,22). The topological polar surface area (TPSA) is 76.7 Å². The Balaban J connectivity index is 2.06. The Morgan fingerprint density at radius 2 is 1.80 bits per heavy atom. The third-order valence-electron chi connectivity index (χ3n) is 3.81. The highest BCUT2D eigenvalue weighted by atomic mass is 16.5. The van der Waals surface area contributed by atoms with Crippen molar-refractivity contribution in [1.82, 2.24) is 0 Å². The van der Waals surface area contributed by atoms with Crippen LogP contribution in [0, 0.1) is 13.8 Å². The van der Waals surface area contributed by atoms with E-state index in [0.29, 0.717) is 22.7 Å². The van der Waals surface area contributed by atoms with Gasteiger partial charge in [0.15, 0.2) is 0 Å². The number of nitrogens with one attached hydrogen (secondary N) is 2. The van der Waals surface area contributed by atoms with E-state index in [1.165, 1.54) is 7.11 Å². The van der Waals surface area contributed by atoms with E-state index >= 15 is 0 Å². The summed E-state index contributed by atoms with van der Waals surface area (Å²) in [5, 5.41) is 5.87. The van der Waals surface area contributed by atoms with Crippen molar-refractivity contribution in [2.24, 2.45) is 0 Å². The van der Waals surface area contributed by atoms with Crippen LogP contribution in [-0.2, 0) is 9.53 Å². The number of esters is 1. The van der Waals surface area contributed by atoms with E-state index in [9.17, 15) is 9.59 Å². The smallest absolute Gasteiger partial charge is 0.338 e. The molecule has 0 aliphatic carbocycles. The Labute approximate surface area is 147 Å². The number of hydrogen-bond donors (Lipinski definition) is 2. The SMILES string of the molecule is COC(=O)c1cccc(NCC(=O)Nc2cc(C)ccc2OC)c1C. The zero-order valence-corrected chi connectivity index (χ0v) is 14.8. The lowest BCUT2D eigenvalue weighted by molar-refractivity contribution is -0.114. The third kappa shape index (κ3) is 4.50. The van der Waals surface area contributed by atoms with Crippen molar-refractivity contribution in [1.29, 1.82) is 0 Å². The van der Waals surface area contributed by atoms with Crippen LogP contribution < -0.4 is 15.4 Å². The molecule has 0 saturated carbocycles. The molecule has 0 aliphatic rings. The summed E-state index contributed by atoms with van der Waals surface area (Å²) in [5.74, 6) is -0.0234. The lowest BCUT2D eigenvalue weighted by Gasteiger charge is -2.14. The lowest BCUT2D eigenvalue weighted by atomic mass is 10.1. The van der Waals surface area contributed by atoms with Crippen molar-refractivity contribution in [3.8, 4) is 5.75 Å². The van der Waals surface area contributed by atoms with Crippen molar-refractivity contribution in [2.45, 2.75) is 13.8 Å². The number of anilines is 2. The largest absolute Gasteiger partial charge is 0.495 e. The molecule has 0 aliphatic heterocycles. The first-order valence-electron chi connectivity index (χ1n) is 7.82. The highest BCUT2D eigenvalue weighted by molar-refractivity contribution is 5.96. The van der Waals surface area contributed by atoms with Crippen LogP contribution >= 0.6 is 0 Å². The van der Waals surface area contributed by atoms with Gasteiger partial charge in [0.25, 0.3) is 0 Å². The second-order valence-electron chi connectivity index (χ2n) is 5.58. The molecule has 0 bridgehead atoms. The molecular weight excluding hydrogens is 320 g/mol. The number of ether oxygens (including phenoxy) is 2. The zero-order valence-electron chi connectivity index (χ0n) is 14.8. The quantitative estimate of drug-likeness (QED) is 0.789. The van der Waals surface area contributed by atoms with E-state index < -0.39 is 5.97 Å². The number of carbonyl (C=O) groups is 2. The van der Waals surface area contributed by atoms with Gasteiger partial charge in [-0.15, -0.1) is 0 Å². The summed E-state index contributed by atoms with van der Waals surface area (Å²) in [6.45, 7) is 3.80. The molecule has 0 saturated heterocycles. The molecule has 6 heteroatoms. The molecule has 0 atom stereocenters. The van der Waals surface area contributed by atoms with Crippen LogP contribution in [-0.4, -0.2) is 32.6 Å². The minimum absolute atomic E-state index is 0.0581. The van der Waals surface area contributed by atoms with Crippen LogP contribution in [0.15, 0.2) is 36.4 Å². The molecule has 0 heterocycles. The number of rotatable bonds is 6. The number of hydrogen-bond acceptors (Lipinski definition) is 5. The summed E-state index contributed by atoms with van der Waals surface area (Å²) in [4.78, 5) is 24.0. The zero-order chi connectivity index (χ0) is 18.4. The highest BCUT2D eigenvalue weighted by Crippen LogP contribution is 2.25. The third-order valence-corrected chi connectivity index (χ3v) is 3.81. The summed E-state index contributed by atoms with van der Waals surface area (Å²) < 4.78 is 10.0. The molecule has 2 aromatic rings. The molecule has 0 aromatic heterocycles. The predicted molar refractivity (Wildman–Crippen MR) is 97.4 cm³/mol. The van der Waals surface area contributed by atoms with Gasteiger partial charge in [-0.2, -0.15) is 0 Å². The van der Waals surface area contributed by atoms with Gasteiger partial charge in [0.05, 0.1) is 32.0 Å². The van der Waals surface area contributed by atoms with Crippen molar-refractivity contribution in [3.05, 3.63) is 53.1 Å². The predicted octanol–water partition coefficient (Wildman–Crippen LogP) is 3.15. The molecule has 2 rings (SSSR count). The summed E-state index contributed by atoms with van der Waals surface area (Å²) in [6, 6.07) is 10.8. The van der Waals surface area contributed by atoms with Gasteiger partial charge in [-0.1, -0.05) is 12.1 Å². The molecule has 0 fully saturated rings. The second-order valence-corrected chi connectivity index (χ2v) is 5.58. The van der Waals surface area contributed by atoms with E-state index in [4.69, 9.17) is 9.47 Å². The molecule has 0 spiro atoms. The molecule has 132 valence electrons. The van der Waals surface area contributed by atoms with Crippen LogP contribution in [0.4, 0.5) is 11.4 Å². The minimum Gasteiger partial charge on any atom is -0.495 e. The van der Waals surface area contributed by atoms with E-state index in [0.717, 1.165) is 11.1 Å². The van der Waals surface area contributed by atoms with Crippen molar-refractivity contribution in [3.63, 3.8) is 0 Å². The first kappa shape index (κ1) is 18.3. The molecule has 1 amide bonds. The maximum atomic E-state index is 12.2. The fourth-order valence-electron chi connectivity index (χ4n) is 2.45. The van der Waals surface area contributed by atoms with Crippen LogP contribution in [0.25, 0.3) is 0 Å². The van der Waals surface area contributed by atoms with E-state index in [1.54, 1.807) is 26.2 Å². The lowest BCUT2D eigenvalue weighted by Crippen LogP contribution is -2.22. The van der Waals surface area contributed by atoms with Gasteiger partial charge >= 0.3 is 5.97 Å². The highest BCUT2D eigenvalue weighted by Gasteiger charge is 2.13. The van der Waals surface area contributed by atoms with Gasteiger partial charge in [-0.05, 0) is 49.2 Å². The van der Waals surface area contributed by atoms with Crippen molar-refractivity contribution < 1.29 is 19.1 Å². The Morgan fingerprint density at radius 1 is 1.04 bits per heavy atom. The summed E-state index contributed by atoms with van der Waals surface area (Å²) >= 11 is 0. The van der Waals surface area contributed by atoms with E-state index in [2.05, 4.69) is 10.6 Å². The summed E-state index contributed by atoms with van der Waals surface area (Å²) in [5.41, 5.74) is 3.54. The molecule has 2 N–H and O–H groups in total. The van der Waals surface area contributed by atoms with Gasteiger partial charge < -0.3 is 20.1 Å². The molecule has 2 aromatic carbocycles. The number of carbonyl (C=O) groups excluding carboxylic acids is 2. The Kier molecular flexibility index (Phi) is 6.00. The van der Waals surface area contributed by atoms with Crippen LogP contribution in [0.3, 0.4) is 0 Å². The molecule has 0 radical (unpaired) electrons. The van der Waals surface area contributed by atoms with Crippen molar-refractivity contribution in [2.75, 3.05) is 31.4 Å². The Bertz CT molecular complexity index is 787. The number of methoxy groups -OCH3 is 2. The first-order chi connectivity index (χ1) is 12.0. The van der Waals surface area contributed by atoms with Crippen molar-refractivity contribution >= 4 is 23.3 Å². The summed E-state index contributed by atoms with van der Waals surface area (Å²) in [7, 11) is 2.89. The second kappa shape index (κ2) is 8.19. The molecular formula is C19H22N2O4. The fourth-order valence-corrected chi connectivity index (χ4v) is 2.45. The Morgan fingerprint density at radius 3 is 2.48 bits per heavy atom. The average molecular weight is 342 g/mol. The summed E-state index contributed by atoms with van der Waals surface area (Å²) in [6.07, 6.45) is 0. The number of aryl methyl sites for hydroxylation is 1. The minimum atomic E-state index is -0.407. The molecule has 25 heavy (non-hydrogen) atoms. The average Bonchev–Trinajstić information content (AvgIpc) is 2.60.